The molecule has 1 aromatic heterocycles. The standard InChI is InChI=1S/C14H25N3OS/c1-3-17-9-4-5-14(6-10-17,16-7-11-18-2)13-15-8-12-19-13/h8,12,16H,3-7,9-11H2,1-2H3. The van der Waals surface area contributed by atoms with Crippen LogP contribution < -0.4 is 5.32 Å². The Morgan fingerprint density at radius 3 is 3.05 bits per heavy atom. The monoisotopic (exact) mass is 283 g/mol. The molecule has 4 nitrogen and oxygen atoms in total. The van der Waals surface area contributed by atoms with E-state index in [9.17, 15) is 0 Å². The van der Waals surface area contributed by atoms with Crippen LogP contribution in [0, 0.1) is 0 Å². The molecule has 1 aromatic rings. The van der Waals surface area contributed by atoms with Crippen molar-refractivity contribution < 1.29 is 4.74 Å². The molecule has 0 aromatic carbocycles. The lowest BCUT2D eigenvalue weighted by Crippen LogP contribution is -2.44. The van der Waals surface area contributed by atoms with E-state index in [4.69, 9.17) is 4.74 Å². The Kier molecular flexibility index (Phi) is 5.76. The van der Waals surface area contributed by atoms with Crippen LogP contribution in [0.15, 0.2) is 11.6 Å². The Morgan fingerprint density at radius 1 is 1.47 bits per heavy atom. The third kappa shape index (κ3) is 3.75. The van der Waals surface area contributed by atoms with Gasteiger partial charge in [0.1, 0.15) is 5.01 Å². The number of nitrogens with zero attached hydrogens (tertiary/aromatic N) is 2. The zero-order chi connectivity index (χ0) is 13.6. The number of thiazole rings is 1. The predicted octanol–water partition coefficient (Wildman–Crippen LogP) is 2.08. The Morgan fingerprint density at radius 2 is 2.37 bits per heavy atom. The average molecular weight is 283 g/mol. The lowest BCUT2D eigenvalue weighted by molar-refractivity contribution is 0.176. The van der Waals surface area contributed by atoms with Crippen LogP contribution in [-0.2, 0) is 10.3 Å². The van der Waals surface area contributed by atoms with E-state index in [1.165, 1.54) is 24.4 Å². The summed E-state index contributed by atoms with van der Waals surface area (Å²) in [6, 6.07) is 0. The van der Waals surface area contributed by atoms with Gasteiger partial charge < -0.3 is 15.0 Å². The van der Waals surface area contributed by atoms with E-state index in [1.54, 1.807) is 18.4 Å². The number of methoxy groups -OCH3 is 1. The maximum Gasteiger partial charge on any atom is 0.113 e. The third-order valence-corrected chi connectivity index (χ3v) is 4.97. The second-order valence-corrected chi connectivity index (χ2v) is 6.02. The molecule has 0 aliphatic carbocycles. The van der Waals surface area contributed by atoms with Gasteiger partial charge in [0.25, 0.3) is 0 Å². The molecule has 1 N–H and O–H groups in total. The molecule has 0 spiro atoms. The Labute approximate surface area is 120 Å². The van der Waals surface area contributed by atoms with Gasteiger partial charge in [0.05, 0.1) is 12.1 Å². The van der Waals surface area contributed by atoms with Crippen molar-refractivity contribution in [2.45, 2.75) is 31.7 Å². The number of likely N-dealkylation sites (tertiary alicyclic amines) is 1. The van der Waals surface area contributed by atoms with Crippen molar-refractivity contribution in [3.8, 4) is 0 Å². The minimum absolute atomic E-state index is 0.0522. The number of rotatable bonds is 6. The van der Waals surface area contributed by atoms with Crippen molar-refractivity contribution in [3.63, 3.8) is 0 Å². The minimum Gasteiger partial charge on any atom is -0.383 e. The number of aromatic nitrogens is 1. The van der Waals surface area contributed by atoms with Crippen LogP contribution in [0.2, 0.25) is 0 Å². The average Bonchev–Trinajstić information content (AvgIpc) is 2.89. The molecule has 108 valence electrons. The quantitative estimate of drug-likeness (QED) is 0.811. The Hall–Kier alpha value is -0.490. The Bertz CT molecular complexity index is 358. The van der Waals surface area contributed by atoms with Gasteiger partial charge in [-0.25, -0.2) is 4.98 Å². The molecule has 0 bridgehead atoms. The maximum atomic E-state index is 5.18. The largest absolute Gasteiger partial charge is 0.383 e. The molecule has 0 radical (unpaired) electrons. The molecule has 19 heavy (non-hydrogen) atoms. The molecular formula is C14H25N3OS. The highest BCUT2D eigenvalue weighted by molar-refractivity contribution is 7.09. The molecule has 1 fully saturated rings. The highest BCUT2D eigenvalue weighted by Crippen LogP contribution is 2.34. The van der Waals surface area contributed by atoms with Crippen LogP contribution >= 0.6 is 11.3 Å². The lowest BCUT2D eigenvalue weighted by Gasteiger charge is -2.32. The summed E-state index contributed by atoms with van der Waals surface area (Å²) in [5.74, 6) is 0. The van der Waals surface area contributed by atoms with Crippen LogP contribution in [-0.4, -0.2) is 49.8 Å². The molecule has 0 saturated carbocycles. The minimum atomic E-state index is 0.0522. The molecule has 5 heteroatoms. The summed E-state index contributed by atoms with van der Waals surface area (Å²) >= 11 is 1.77. The summed E-state index contributed by atoms with van der Waals surface area (Å²) in [7, 11) is 1.75. The van der Waals surface area contributed by atoms with Crippen molar-refractivity contribution in [1.82, 2.24) is 15.2 Å². The van der Waals surface area contributed by atoms with Gasteiger partial charge in [-0.3, -0.25) is 0 Å². The van der Waals surface area contributed by atoms with E-state index >= 15 is 0 Å². The van der Waals surface area contributed by atoms with E-state index in [0.29, 0.717) is 0 Å². The van der Waals surface area contributed by atoms with E-state index in [2.05, 4.69) is 27.5 Å². The second-order valence-electron chi connectivity index (χ2n) is 5.13. The van der Waals surface area contributed by atoms with Gasteiger partial charge in [0.15, 0.2) is 0 Å². The fraction of sp³-hybridized carbons (Fsp3) is 0.786. The van der Waals surface area contributed by atoms with Crippen molar-refractivity contribution >= 4 is 11.3 Å². The molecule has 1 saturated heterocycles. The molecule has 0 amide bonds. The zero-order valence-electron chi connectivity index (χ0n) is 12.0. The fourth-order valence-electron chi connectivity index (χ4n) is 2.82. The van der Waals surface area contributed by atoms with Crippen LogP contribution in [0.5, 0.6) is 0 Å². The zero-order valence-corrected chi connectivity index (χ0v) is 12.8. The van der Waals surface area contributed by atoms with Gasteiger partial charge in [-0.2, -0.15) is 0 Å². The molecule has 2 rings (SSSR count). The first kappa shape index (κ1) is 14.9. The molecular weight excluding hydrogens is 258 g/mol. The first-order valence-electron chi connectivity index (χ1n) is 7.17. The van der Waals surface area contributed by atoms with Gasteiger partial charge in [-0.1, -0.05) is 6.92 Å². The van der Waals surface area contributed by atoms with Crippen LogP contribution in [0.4, 0.5) is 0 Å². The summed E-state index contributed by atoms with van der Waals surface area (Å²) in [6.07, 6.45) is 5.45. The highest BCUT2D eigenvalue weighted by atomic mass is 32.1. The first-order chi connectivity index (χ1) is 9.30. The van der Waals surface area contributed by atoms with E-state index in [-0.39, 0.29) is 5.54 Å². The first-order valence-corrected chi connectivity index (χ1v) is 8.05. The third-order valence-electron chi connectivity index (χ3n) is 3.99. The number of hydrogen-bond donors (Lipinski definition) is 1. The van der Waals surface area contributed by atoms with Crippen molar-refractivity contribution in [3.05, 3.63) is 16.6 Å². The van der Waals surface area contributed by atoms with Crippen molar-refractivity contribution in [2.75, 3.05) is 39.9 Å². The highest BCUT2D eigenvalue weighted by Gasteiger charge is 2.35. The van der Waals surface area contributed by atoms with Gasteiger partial charge in [-0.05, 0) is 32.4 Å². The van der Waals surface area contributed by atoms with Crippen LogP contribution in [0.25, 0.3) is 0 Å². The SMILES string of the molecule is CCN1CCCC(NCCOC)(c2nccs2)CC1. The van der Waals surface area contributed by atoms with Gasteiger partial charge >= 0.3 is 0 Å². The fourth-order valence-corrected chi connectivity index (χ4v) is 3.70. The maximum absolute atomic E-state index is 5.18. The summed E-state index contributed by atoms with van der Waals surface area (Å²) in [5.41, 5.74) is 0.0522. The van der Waals surface area contributed by atoms with Crippen LogP contribution in [0.1, 0.15) is 31.2 Å². The van der Waals surface area contributed by atoms with Gasteiger partial charge in [0, 0.05) is 31.8 Å². The summed E-state index contributed by atoms with van der Waals surface area (Å²) in [4.78, 5) is 7.12. The lowest BCUT2D eigenvalue weighted by atomic mass is 9.91. The van der Waals surface area contributed by atoms with E-state index < -0.39 is 0 Å². The van der Waals surface area contributed by atoms with Gasteiger partial charge in [-0.15, -0.1) is 11.3 Å². The molecule has 1 unspecified atom stereocenters. The van der Waals surface area contributed by atoms with E-state index in [1.807, 2.05) is 6.20 Å². The molecule has 1 aliphatic heterocycles. The molecule has 1 atom stereocenters. The smallest absolute Gasteiger partial charge is 0.113 e. The topological polar surface area (TPSA) is 37.4 Å². The summed E-state index contributed by atoms with van der Waals surface area (Å²) in [6.45, 7) is 7.39. The normalized spacial score (nSPS) is 25.4. The second kappa shape index (κ2) is 7.33. The van der Waals surface area contributed by atoms with Crippen molar-refractivity contribution in [1.29, 1.82) is 0 Å². The Balaban J connectivity index is 2.10. The summed E-state index contributed by atoms with van der Waals surface area (Å²) in [5, 5.41) is 7.04. The number of nitrogens with one attached hydrogen (secondary N) is 1. The molecule has 1 aliphatic rings. The molecule has 2 heterocycles. The number of ether oxygens (including phenoxy) is 1. The van der Waals surface area contributed by atoms with Crippen molar-refractivity contribution in [2.24, 2.45) is 0 Å². The van der Waals surface area contributed by atoms with Crippen LogP contribution in [0.3, 0.4) is 0 Å². The predicted molar refractivity (Wildman–Crippen MR) is 79.6 cm³/mol. The van der Waals surface area contributed by atoms with E-state index in [0.717, 1.165) is 32.7 Å². The summed E-state index contributed by atoms with van der Waals surface area (Å²) < 4.78 is 5.18. The van der Waals surface area contributed by atoms with Gasteiger partial charge in [0.2, 0.25) is 0 Å². The number of hydrogen-bond acceptors (Lipinski definition) is 5.